The molecule has 0 aromatic carbocycles. The van der Waals surface area contributed by atoms with Crippen molar-refractivity contribution in [1.82, 2.24) is 4.90 Å². The summed E-state index contributed by atoms with van der Waals surface area (Å²) in [4.78, 5) is 5.43. The molecule has 42 valence electrons. The molecule has 0 atom stereocenters. The third kappa shape index (κ3) is 2.45. The number of nitrogens with zero attached hydrogens (tertiary/aromatic N) is 2. The van der Waals surface area contributed by atoms with Crippen LogP contribution in [0.5, 0.6) is 0 Å². The van der Waals surface area contributed by atoms with E-state index in [-0.39, 0.29) is 0 Å². The summed E-state index contributed by atoms with van der Waals surface area (Å²) >= 11 is 5.48. The molecule has 3 heteroatoms. The minimum Gasteiger partial charge on any atom is -0.353 e. The highest BCUT2D eigenvalue weighted by molar-refractivity contribution is 6.64. The van der Waals surface area contributed by atoms with Crippen LogP contribution >= 0.6 is 11.6 Å². The van der Waals surface area contributed by atoms with Gasteiger partial charge in [-0.3, -0.25) is 4.99 Å². The molecule has 0 aliphatic rings. The number of aliphatic imine (C=N–C) groups is 1. The van der Waals surface area contributed by atoms with Gasteiger partial charge in [0.05, 0.1) is 0 Å². The summed E-state index contributed by atoms with van der Waals surface area (Å²) in [6.07, 6.45) is 0. The lowest BCUT2D eigenvalue weighted by Crippen LogP contribution is -2.15. The average Bonchev–Trinajstić information content (AvgIpc) is 1.65. The molecular weight excluding hydrogens is 112 g/mol. The highest BCUT2D eigenvalue weighted by Crippen LogP contribution is 1.85. The number of amidine groups is 1. The fraction of sp³-hybridized carbons (Fsp3) is 0.750. The van der Waals surface area contributed by atoms with Gasteiger partial charge >= 0.3 is 0 Å². The zero-order valence-electron chi connectivity index (χ0n) is 4.77. The first kappa shape index (κ1) is 6.76. The lowest BCUT2D eigenvalue weighted by atomic mass is 10.9. The van der Waals surface area contributed by atoms with Crippen LogP contribution in [0.4, 0.5) is 0 Å². The Hall–Kier alpha value is -0.240. The Morgan fingerprint density at radius 2 is 2.00 bits per heavy atom. The van der Waals surface area contributed by atoms with Crippen LogP contribution in [-0.2, 0) is 0 Å². The number of halogens is 1. The molecule has 0 heterocycles. The number of hydrogen-bond acceptors (Lipinski definition) is 1. The Morgan fingerprint density at radius 1 is 1.57 bits per heavy atom. The van der Waals surface area contributed by atoms with Crippen molar-refractivity contribution >= 4 is 16.9 Å². The van der Waals surface area contributed by atoms with Crippen molar-refractivity contribution in [3.8, 4) is 0 Å². The summed E-state index contributed by atoms with van der Waals surface area (Å²) in [6.45, 7) is 0. The molecule has 2 nitrogen and oxygen atoms in total. The Bertz CT molecular complexity index is 77.8. The maximum absolute atomic E-state index is 5.48. The molecule has 0 saturated heterocycles. The zero-order valence-corrected chi connectivity index (χ0v) is 5.53. The van der Waals surface area contributed by atoms with Gasteiger partial charge in [-0.2, -0.15) is 0 Å². The van der Waals surface area contributed by atoms with Gasteiger partial charge in [0.1, 0.15) is 0 Å². The second-order valence-electron chi connectivity index (χ2n) is 1.39. The largest absolute Gasteiger partial charge is 0.353 e. The van der Waals surface area contributed by atoms with E-state index in [1.807, 2.05) is 14.1 Å². The first-order valence-corrected chi connectivity index (χ1v) is 2.36. The monoisotopic (exact) mass is 120 g/mol. The molecule has 0 unspecified atom stereocenters. The lowest BCUT2D eigenvalue weighted by Gasteiger charge is -2.05. The van der Waals surface area contributed by atoms with Crippen molar-refractivity contribution in [3.63, 3.8) is 0 Å². The van der Waals surface area contributed by atoms with Crippen molar-refractivity contribution in [2.24, 2.45) is 4.99 Å². The molecule has 0 bridgehead atoms. The van der Waals surface area contributed by atoms with E-state index in [0.717, 1.165) is 0 Å². The van der Waals surface area contributed by atoms with Crippen molar-refractivity contribution < 1.29 is 0 Å². The first-order valence-electron chi connectivity index (χ1n) is 1.98. The molecule has 0 radical (unpaired) electrons. The van der Waals surface area contributed by atoms with Gasteiger partial charge in [0, 0.05) is 21.1 Å². The van der Waals surface area contributed by atoms with Crippen LogP contribution in [0.15, 0.2) is 4.99 Å². The molecule has 0 saturated carbocycles. The summed E-state index contributed by atoms with van der Waals surface area (Å²) in [7, 11) is 5.34. The van der Waals surface area contributed by atoms with E-state index < -0.39 is 0 Å². The summed E-state index contributed by atoms with van der Waals surface area (Å²) < 4.78 is 0. The third-order valence-electron chi connectivity index (χ3n) is 0.554. The van der Waals surface area contributed by atoms with Crippen LogP contribution in [-0.4, -0.2) is 31.3 Å². The number of rotatable bonds is 0. The van der Waals surface area contributed by atoms with E-state index in [9.17, 15) is 0 Å². The van der Waals surface area contributed by atoms with E-state index in [1.54, 1.807) is 11.9 Å². The van der Waals surface area contributed by atoms with Gasteiger partial charge in [0.2, 0.25) is 0 Å². The summed E-state index contributed by atoms with van der Waals surface area (Å²) in [5.41, 5.74) is 0. The zero-order chi connectivity index (χ0) is 5.86. The third-order valence-corrected chi connectivity index (χ3v) is 1.06. The van der Waals surface area contributed by atoms with Gasteiger partial charge in [0.25, 0.3) is 0 Å². The lowest BCUT2D eigenvalue weighted by molar-refractivity contribution is 0.633. The molecule has 0 aliphatic carbocycles. The van der Waals surface area contributed by atoms with E-state index in [2.05, 4.69) is 4.99 Å². The van der Waals surface area contributed by atoms with E-state index in [4.69, 9.17) is 11.6 Å². The Labute approximate surface area is 48.8 Å². The fourth-order valence-electron chi connectivity index (χ4n) is 0.200. The van der Waals surface area contributed by atoms with Crippen LogP contribution in [0.25, 0.3) is 0 Å². The molecule has 0 rings (SSSR count). The Balaban J connectivity index is 3.56. The Morgan fingerprint density at radius 3 is 2.00 bits per heavy atom. The smallest absolute Gasteiger partial charge is 0.193 e. The van der Waals surface area contributed by atoms with Gasteiger partial charge in [-0.1, -0.05) is 0 Å². The van der Waals surface area contributed by atoms with Crippen LogP contribution < -0.4 is 0 Å². The Kier molecular flexibility index (Phi) is 2.76. The summed E-state index contributed by atoms with van der Waals surface area (Å²) in [5.74, 6) is 0. The van der Waals surface area contributed by atoms with Crippen molar-refractivity contribution in [3.05, 3.63) is 0 Å². The van der Waals surface area contributed by atoms with Crippen LogP contribution in [0.3, 0.4) is 0 Å². The maximum Gasteiger partial charge on any atom is 0.193 e. The highest BCUT2D eigenvalue weighted by atomic mass is 35.5. The van der Waals surface area contributed by atoms with Gasteiger partial charge in [0.15, 0.2) is 5.29 Å². The molecule has 0 N–H and O–H groups in total. The van der Waals surface area contributed by atoms with Gasteiger partial charge in [-0.25, -0.2) is 0 Å². The maximum atomic E-state index is 5.48. The molecule has 0 aromatic rings. The number of hydrogen-bond donors (Lipinski definition) is 0. The van der Waals surface area contributed by atoms with Crippen LogP contribution in [0.1, 0.15) is 0 Å². The van der Waals surface area contributed by atoms with E-state index >= 15 is 0 Å². The quantitative estimate of drug-likeness (QED) is 0.262. The highest BCUT2D eigenvalue weighted by Gasteiger charge is 1.88. The second-order valence-corrected chi connectivity index (χ2v) is 1.73. The normalized spacial score (nSPS) is 11.7. The van der Waals surface area contributed by atoms with Crippen molar-refractivity contribution in [2.45, 2.75) is 0 Å². The molecule has 7 heavy (non-hydrogen) atoms. The van der Waals surface area contributed by atoms with Gasteiger partial charge in [-0.15, -0.1) is 0 Å². The van der Waals surface area contributed by atoms with Crippen molar-refractivity contribution in [2.75, 3.05) is 21.1 Å². The molecule has 0 aromatic heterocycles. The standard InChI is InChI=1S/C4H9ClN2/c1-6-4(5)7(2)3/h1-3H3. The van der Waals surface area contributed by atoms with Crippen LogP contribution in [0.2, 0.25) is 0 Å². The van der Waals surface area contributed by atoms with E-state index in [0.29, 0.717) is 5.29 Å². The summed E-state index contributed by atoms with van der Waals surface area (Å²) in [5, 5.41) is 0.528. The molecule has 0 spiro atoms. The van der Waals surface area contributed by atoms with Crippen molar-refractivity contribution in [1.29, 1.82) is 0 Å². The molecular formula is C4H9ClN2. The SMILES string of the molecule is CN=C(Cl)N(C)C. The average molecular weight is 121 g/mol. The van der Waals surface area contributed by atoms with E-state index in [1.165, 1.54) is 0 Å². The molecule has 0 fully saturated rings. The van der Waals surface area contributed by atoms with Crippen LogP contribution in [0, 0.1) is 0 Å². The fourth-order valence-corrected chi connectivity index (χ4v) is 0.200. The molecule has 0 amide bonds. The second kappa shape index (κ2) is 2.86. The predicted octanol–water partition coefficient (Wildman–Crippen LogP) is 0.773. The van der Waals surface area contributed by atoms with Gasteiger partial charge < -0.3 is 4.90 Å². The topological polar surface area (TPSA) is 15.6 Å². The summed E-state index contributed by atoms with van der Waals surface area (Å²) in [6, 6.07) is 0. The first-order chi connectivity index (χ1) is 3.18. The predicted molar refractivity (Wildman–Crippen MR) is 32.9 cm³/mol. The minimum absolute atomic E-state index is 0.528. The van der Waals surface area contributed by atoms with Gasteiger partial charge in [-0.05, 0) is 11.6 Å². The molecule has 0 aliphatic heterocycles. The minimum atomic E-state index is 0.528.